The van der Waals surface area contributed by atoms with Gasteiger partial charge in [0.15, 0.2) is 0 Å². The molecule has 0 saturated carbocycles. The number of rotatable bonds is 3. The first-order chi connectivity index (χ1) is 6.49. The predicted octanol–water partition coefficient (Wildman–Crippen LogP) is 0.996. The second-order valence-corrected chi connectivity index (χ2v) is 3.76. The van der Waals surface area contributed by atoms with E-state index in [-0.39, 0.29) is 5.56 Å². The highest BCUT2D eigenvalue weighted by Gasteiger charge is 2.48. The Morgan fingerprint density at radius 3 is 2.29 bits per heavy atom. The highest BCUT2D eigenvalue weighted by atomic mass is 79.9. The summed E-state index contributed by atoms with van der Waals surface area (Å²) in [6.07, 6.45) is 0. The zero-order valence-corrected chi connectivity index (χ0v) is 8.60. The average Bonchev–Trinajstić information content (AvgIpc) is 2.17. The Morgan fingerprint density at radius 1 is 1.43 bits per heavy atom. The smallest absolute Gasteiger partial charge is 0.362 e. The van der Waals surface area contributed by atoms with Gasteiger partial charge in [0, 0.05) is 21.5 Å². The fourth-order valence-electron chi connectivity index (χ4n) is 0.997. The lowest BCUT2D eigenvalue weighted by Gasteiger charge is -2.14. The first kappa shape index (κ1) is 10.6. The zero-order chi connectivity index (χ0) is 10.8. The Hall–Kier alpha value is -1.43. The molecule has 0 bridgehead atoms. The maximum absolute atomic E-state index is 11.0. The number of alkyl halides is 1. The number of primary amides is 1. The molecule has 0 radical (unpaired) electrons. The molecule has 1 atom stereocenters. The van der Waals surface area contributed by atoms with Gasteiger partial charge in [-0.05, 0) is 0 Å². The molecular weight excluding hydrogens is 252 g/mol. The molecule has 0 aromatic heterocycles. The lowest BCUT2D eigenvalue weighted by atomic mass is 10.1. The van der Waals surface area contributed by atoms with Gasteiger partial charge in [0.1, 0.15) is 0 Å². The van der Waals surface area contributed by atoms with Gasteiger partial charge < -0.3 is 5.73 Å². The molecular formula is C8H7BrN2O3. The highest BCUT2D eigenvalue weighted by molar-refractivity contribution is 9.10. The number of nitro groups is 1. The summed E-state index contributed by atoms with van der Waals surface area (Å²) in [6, 6.07) is 7.80. The Kier molecular flexibility index (Phi) is 2.85. The molecule has 74 valence electrons. The second-order valence-electron chi connectivity index (χ2n) is 2.61. The lowest BCUT2D eigenvalue weighted by Crippen LogP contribution is -2.42. The summed E-state index contributed by atoms with van der Waals surface area (Å²) in [6.45, 7) is 0. The standard InChI is InChI=1S/C8H7BrN2O3/c9-8(7(10)12,11(13)14)6-4-2-1-3-5-6/h1-5H,(H2,10,12). The number of halogens is 1. The van der Waals surface area contributed by atoms with Crippen molar-refractivity contribution in [2.75, 3.05) is 0 Å². The molecule has 0 fully saturated rings. The van der Waals surface area contributed by atoms with E-state index in [1.807, 2.05) is 0 Å². The van der Waals surface area contributed by atoms with E-state index in [4.69, 9.17) is 5.73 Å². The summed E-state index contributed by atoms with van der Waals surface area (Å²) in [5.41, 5.74) is 5.18. The van der Waals surface area contributed by atoms with E-state index in [9.17, 15) is 14.9 Å². The number of carbonyl (C=O) groups excluding carboxylic acids is 1. The van der Waals surface area contributed by atoms with E-state index < -0.39 is 15.3 Å². The summed E-state index contributed by atoms with van der Waals surface area (Å²) in [5, 5.41) is 10.7. The molecule has 0 aliphatic carbocycles. The van der Waals surface area contributed by atoms with Gasteiger partial charge in [-0.2, -0.15) is 0 Å². The summed E-state index contributed by atoms with van der Waals surface area (Å²) in [7, 11) is 0. The number of amides is 1. The van der Waals surface area contributed by atoms with E-state index >= 15 is 0 Å². The van der Waals surface area contributed by atoms with Crippen molar-refractivity contribution in [1.29, 1.82) is 0 Å². The molecule has 2 N–H and O–H groups in total. The molecule has 5 nitrogen and oxygen atoms in total. The average molecular weight is 259 g/mol. The second kappa shape index (κ2) is 3.75. The van der Waals surface area contributed by atoms with Crippen molar-refractivity contribution >= 4 is 21.8 Å². The van der Waals surface area contributed by atoms with Crippen LogP contribution in [0.1, 0.15) is 5.56 Å². The van der Waals surface area contributed by atoms with Crippen LogP contribution in [0, 0.1) is 10.1 Å². The van der Waals surface area contributed by atoms with Crippen LogP contribution in [-0.2, 0) is 9.24 Å². The van der Waals surface area contributed by atoms with Gasteiger partial charge in [0.25, 0.3) is 0 Å². The molecule has 1 amide bonds. The van der Waals surface area contributed by atoms with Crippen molar-refractivity contribution in [2.24, 2.45) is 5.73 Å². The number of nitrogens with two attached hydrogens (primary N) is 1. The van der Waals surface area contributed by atoms with Crippen molar-refractivity contribution < 1.29 is 9.72 Å². The van der Waals surface area contributed by atoms with Crippen LogP contribution < -0.4 is 5.73 Å². The molecule has 0 saturated heterocycles. The molecule has 0 spiro atoms. The molecule has 0 aliphatic heterocycles. The van der Waals surface area contributed by atoms with Gasteiger partial charge in [-0.15, -0.1) is 0 Å². The van der Waals surface area contributed by atoms with Crippen molar-refractivity contribution in [1.82, 2.24) is 0 Å². The number of benzene rings is 1. The molecule has 1 unspecified atom stereocenters. The predicted molar refractivity (Wildman–Crippen MR) is 53.2 cm³/mol. The number of carbonyl (C=O) groups is 1. The van der Waals surface area contributed by atoms with E-state index in [2.05, 4.69) is 15.9 Å². The van der Waals surface area contributed by atoms with Gasteiger partial charge in [-0.3, -0.25) is 14.9 Å². The highest BCUT2D eigenvalue weighted by Crippen LogP contribution is 2.31. The van der Waals surface area contributed by atoms with Gasteiger partial charge in [-0.1, -0.05) is 30.3 Å². The maximum atomic E-state index is 11.0. The lowest BCUT2D eigenvalue weighted by molar-refractivity contribution is -0.526. The molecule has 1 rings (SSSR count). The van der Waals surface area contributed by atoms with E-state index in [1.54, 1.807) is 18.2 Å². The van der Waals surface area contributed by atoms with E-state index in [1.165, 1.54) is 12.1 Å². The van der Waals surface area contributed by atoms with Crippen LogP contribution in [0.2, 0.25) is 0 Å². The van der Waals surface area contributed by atoms with Crippen LogP contribution >= 0.6 is 15.9 Å². The third-order valence-corrected chi connectivity index (χ3v) is 2.87. The van der Waals surface area contributed by atoms with Crippen molar-refractivity contribution in [3.8, 4) is 0 Å². The Morgan fingerprint density at radius 2 is 1.93 bits per heavy atom. The van der Waals surface area contributed by atoms with Crippen molar-refractivity contribution in [3.63, 3.8) is 0 Å². The normalized spacial score (nSPS) is 14.4. The van der Waals surface area contributed by atoms with E-state index in [0.29, 0.717) is 0 Å². The van der Waals surface area contributed by atoms with Gasteiger partial charge in [0.2, 0.25) is 0 Å². The number of hydrogen-bond donors (Lipinski definition) is 1. The van der Waals surface area contributed by atoms with Crippen molar-refractivity contribution in [2.45, 2.75) is 4.45 Å². The minimum atomic E-state index is -2.03. The number of nitrogens with zero attached hydrogens (tertiary/aromatic N) is 1. The Bertz CT molecular complexity index is 352. The van der Waals surface area contributed by atoms with Gasteiger partial charge >= 0.3 is 10.4 Å². The molecule has 6 heteroatoms. The fourth-order valence-corrected chi connectivity index (χ4v) is 1.26. The van der Waals surface area contributed by atoms with Crippen LogP contribution in [-0.4, -0.2) is 10.8 Å². The van der Waals surface area contributed by atoms with E-state index in [0.717, 1.165) is 0 Å². The summed E-state index contributed by atoms with van der Waals surface area (Å²) >= 11 is 2.75. The first-order valence-corrected chi connectivity index (χ1v) is 4.47. The van der Waals surface area contributed by atoms with Crippen molar-refractivity contribution in [3.05, 3.63) is 46.0 Å². The summed E-state index contributed by atoms with van der Waals surface area (Å²) < 4.78 is -2.03. The first-order valence-electron chi connectivity index (χ1n) is 3.68. The van der Waals surface area contributed by atoms with Gasteiger partial charge in [-0.25, -0.2) is 0 Å². The molecule has 0 heterocycles. The Balaban J connectivity index is 3.27. The SMILES string of the molecule is NC(=O)C(Br)(c1ccccc1)[N+](=O)[O-]. The minimum absolute atomic E-state index is 0.206. The third-order valence-electron chi connectivity index (χ3n) is 1.73. The van der Waals surface area contributed by atoms with Gasteiger partial charge in [0.05, 0.1) is 4.92 Å². The molecule has 0 aliphatic rings. The maximum Gasteiger partial charge on any atom is 0.375 e. The molecule has 14 heavy (non-hydrogen) atoms. The Labute approximate surface area is 88.2 Å². The molecule has 1 aromatic rings. The minimum Gasteiger partial charge on any atom is -0.362 e. The topological polar surface area (TPSA) is 86.2 Å². The van der Waals surface area contributed by atoms with Crippen LogP contribution in [0.3, 0.4) is 0 Å². The summed E-state index contributed by atoms with van der Waals surface area (Å²) in [5.74, 6) is -1.05. The summed E-state index contributed by atoms with van der Waals surface area (Å²) in [4.78, 5) is 21.0. The van der Waals surface area contributed by atoms with Crippen LogP contribution in [0.25, 0.3) is 0 Å². The third kappa shape index (κ3) is 1.60. The quantitative estimate of drug-likeness (QED) is 0.380. The van der Waals surface area contributed by atoms with Crippen LogP contribution in [0.4, 0.5) is 0 Å². The number of hydrogen-bond acceptors (Lipinski definition) is 3. The largest absolute Gasteiger partial charge is 0.375 e. The fraction of sp³-hybridized carbons (Fsp3) is 0.125. The molecule has 1 aromatic carbocycles. The van der Waals surface area contributed by atoms with Crippen LogP contribution in [0.15, 0.2) is 30.3 Å². The van der Waals surface area contributed by atoms with Crippen LogP contribution in [0.5, 0.6) is 0 Å². The monoisotopic (exact) mass is 258 g/mol. The zero-order valence-electron chi connectivity index (χ0n) is 7.01.